The van der Waals surface area contributed by atoms with Crippen molar-refractivity contribution in [2.45, 2.75) is 33.6 Å². The van der Waals surface area contributed by atoms with E-state index < -0.39 is 0 Å². The summed E-state index contributed by atoms with van der Waals surface area (Å²) in [6.45, 7) is 6.49. The van der Waals surface area contributed by atoms with Crippen LogP contribution in [0.2, 0.25) is 5.02 Å². The fourth-order valence-electron chi connectivity index (χ4n) is 4.18. The number of fused-ring (bicyclic) bond motifs is 1. The van der Waals surface area contributed by atoms with E-state index in [1.165, 1.54) is 0 Å². The lowest BCUT2D eigenvalue weighted by atomic mass is 10.1. The minimum atomic E-state index is -0.355. The fraction of sp³-hybridized carbons (Fsp3) is 0.250. The molecule has 2 amide bonds. The van der Waals surface area contributed by atoms with Gasteiger partial charge in [0.15, 0.2) is 0 Å². The molecular weight excluding hydrogens is 460 g/mol. The van der Waals surface area contributed by atoms with Crippen LogP contribution in [0.15, 0.2) is 34.9 Å². The van der Waals surface area contributed by atoms with Crippen molar-refractivity contribution in [3.05, 3.63) is 56.4 Å². The zero-order valence-electron chi connectivity index (χ0n) is 18.4. The average molecular weight is 481 g/mol. The van der Waals surface area contributed by atoms with Gasteiger partial charge in [0.2, 0.25) is 5.91 Å². The van der Waals surface area contributed by atoms with Gasteiger partial charge in [0, 0.05) is 34.0 Å². The summed E-state index contributed by atoms with van der Waals surface area (Å²) in [6.07, 6.45) is 1.34. The van der Waals surface area contributed by atoms with Crippen molar-refractivity contribution < 1.29 is 14.1 Å². The number of anilines is 2. The van der Waals surface area contributed by atoms with E-state index in [1.54, 1.807) is 47.4 Å². The van der Waals surface area contributed by atoms with Gasteiger partial charge < -0.3 is 14.7 Å². The quantitative estimate of drug-likeness (QED) is 0.392. The molecule has 0 bridgehead atoms. The smallest absolute Gasteiger partial charge is 0.259 e. The standard InChI is InChI=1S/C24H21ClN4O3S/c1-12-9-16(14(3)33-12)19-11-17(22-13(2)28-32-24(22)27-19)23(31)26-20-10-15(6-7-18(20)25)29-8-4-5-21(29)30/h6-7,9-11H,4-5,8H2,1-3H3,(H,26,31). The Hall–Kier alpha value is -3.23. The first-order chi connectivity index (χ1) is 15.8. The summed E-state index contributed by atoms with van der Waals surface area (Å²) in [6, 6.07) is 9.02. The van der Waals surface area contributed by atoms with Crippen LogP contribution < -0.4 is 10.2 Å². The average Bonchev–Trinajstić information content (AvgIpc) is 3.47. The first kappa shape index (κ1) is 21.6. The van der Waals surface area contributed by atoms with Crippen LogP contribution in [0.4, 0.5) is 11.4 Å². The van der Waals surface area contributed by atoms with Crippen molar-refractivity contribution >= 4 is 57.2 Å². The van der Waals surface area contributed by atoms with Crippen molar-refractivity contribution in [3.63, 3.8) is 0 Å². The number of amides is 2. The molecule has 0 saturated carbocycles. The molecule has 3 aromatic heterocycles. The Kier molecular flexibility index (Phi) is 5.42. The van der Waals surface area contributed by atoms with Crippen LogP contribution in [0.5, 0.6) is 0 Å². The maximum atomic E-state index is 13.5. The number of rotatable bonds is 4. The highest BCUT2D eigenvalue weighted by molar-refractivity contribution is 7.12. The molecule has 0 aliphatic carbocycles. The van der Waals surface area contributed by atoms with Gasteiger partial charge in [-0.1, -0.05) is 16.8 Å². The number of hydrogen-bond acceptors (Lipinski definition) is 6. The summed E-state index contributed by atoms with van der Waals surface area (Å²) >= 11 is 8.06. The number of hydrogen-bond donors (Lipinski definition) is 1. The van der Waals surface area contributed by atoms with Gasteiger partial charge in [-0.3, -0.25) is 9.59 Å². The molecule has 0 spiro atoms. The Bertz CT molecular complexity index is 1420. The van der Waals surface area contributed by atoms with Crippen LogP contribution in [0.3, 0.4) is 0 Å². The number of halogens is 1. The van der Waals surface area contributed by atoms with E-state index in [-0.39, 0.29) is 11.8 Å². The molecule has 1 fully saturated rings. The second-order valence-electron chi connectivity index (χ2n) is 8.10. The highest BCUT2D eigenvalue weighted by Gasteiger charge is 2.24. The minimum Gasteiger partial charge on any atom is -0.335 e. The van der Waals surface area contributed by atoms with E-state index in [0.29, 0.717) is 57.4 Å². The fourth-order valence-corrected chi connectivity index (χ4v) is 5.28. The summed E-state index contributed by atoms with van der Waals surface area (Å²) in [5, 5.41) is 7.87. The Morgan fingerprint density at radius 3 is 2.73 bits per heavy atom. The van der Waals surface area contributed by atoms with E-state index in [0.717, 1.165) is 21.7 Å². The van der Waals surface area contributed by atoms with Crippen LogP contribution in [0.1, 0.15) is 38.6 Å². The molecule has 1 saturated heterocycles. The Morgan fingerprint density at radius 2 is 2.03 bits per heavy atom. The van der Waals surface area contributed by atoms with Crippen molar-refractivity contribution in [1.82, 2.24) is 10.1 Å². The van der Waals surface area contributed by atoms with Gasteiger partial charge in [-0.05, 0) is 57.5 Å². The highest BCUT2D eigenvalue weighted by atomic mass is 35.5. The van der Waals surface area contributed by atoms with Crippen molar-refractivity contribution in [2.75, 3.05) is 16.8 Å². The molecule has 1 aromatic carbocycles. The number of aryl methyl sites for hydroxylation is 3. The Labute approximate surface area is 199 Å². The number of thiophene rings is 1. The van der Waals surface area contributed by atoms with E-state index in [1.807, 2.05) is 19.9 Å². The van der Waals surface area contributed by atoms with Crippen LogP contribution >= 0.6 is 22.9 Å². The molecule has 168 valence electrons. The zero-order chi connectivity index (χ0) is 23.3. The highest BCUT2D eigenvalue weighted by Crippen LogP contribution is 2.34. The molecule has 33 heavy (non-hydrogen) atoms. The summed E-state index contributed by atoms with van der Waals surface area (Å²) in [5.41, 5.74) is 4.03. The molecule has 4 aromatic rings. The van der Waals surface area contributed by atoms with Gasteiger partial charge in [-0.25, -0.2) is 4.98 Å². The topological polar surface area (TPSA) is 88.3 Å². The van der Waals surface area contributed by atoms with Crippen LogP contribution in [0, 0.1) is 20.8 Å². The molecule has 7 nitrogen and oxygen atoms in total. The Morgan fingerprint density at radius 1 is 1.21 bits per heavy atom. The van der Waals surface area contributed by atoms with Crippen LogP contribution in [-0.2, 0) is 4.79 Å². The molecule has 1 aliphatic rings. The van der Waals surface area contributed by atoms with E-state index in [2.05, 4.69) is 15.5 Å². The maximum absolute atomic E-state index is 13.5. The second kappa shape index (κ2) is 8.28. The second-order valence-corrected chi connectivity index (χ2v) is 9.96. The van der Waals surface area contributed by atoms with Crippen molar-refractivity contribution in [1.29, 1.82) is 0 Å². The summed E-state index contributed by atoms with van der Waals surface area (Å²) in [7, 11) is 0. The van der Waals surface area contributed by atoms with Gasteiger partial charge in [-0.15, -0.1) is 11.3 Å². The van der Waals surface area contributed by atoms with Gasteiger partial charge in [0.25, 0.3) is 11.6 Å². The lowest BCUT2D eigenvalue weighted by molar-refractivity contribution is -0.117. The lowest BCUT2D eigenvalue weighted by Crippen LogP contribution is -2.24. The molecule has 9 heteroatoms. The molecule has 0 radical (unpaired) electrons. The molecule has 0 unspecified atom stereocenters. The monoisotopic (exact) mass is 480 g/mol. The molecule has 5 rings (SSSR count). The van der Waals surface area contributed by atoms with E-state index in [9.17, 15) is 9.59 Å². The third kappa shape index (κ3) is 3.89. The van der Waals surface area contributed by atoms with Gasteiger partial charge in [0.1, 0.15) is 0 Å². The number of benzene rings is 1. The number of nitrogens with one attached hydrogen (secondary N) is 1. The van der Waals surface area contributed by atoms with E-state index in [4.69, 9.17) is 16.1 Å². The molecule has 0 atom stereocenters. The van der Waals surface area contributed by atoms with Crippen molar-refractivity contribution in [3.8, 4) is 11.3 Å². The molecular formula is C24H21ClN4O3S. The Balaban J connectivity index is 1.55. The zero-order valence-corrected chi connectivity index (χ0v) is 19.9. The third-order valence-electron chi connectivity index (χ3n) is 5.76. The first-order valence-electron chi connectivity index (χ1n) is 10.6. The summed E-state index contributed by atoms with van der Waals surface area (Å²) in [5.74, 6) is -0.289. The number of nitrogens with zero attached hydrogens (tertiary/aromatic N) is 3. The minimum absolute atomic E-state index is 0.0663. The molecule has 1 N–H and O–H groups in total. The number of carbonyl (C=O) groups is 2. The van der Waals surface area contributed by atoms with Gasteiger partial charge in [0.05, 0.1) is 33.0 Å². The SMILES string of the molecule is Cc1cc(-c2cc(C(=O)Nc3cc(N4CCCC4=O)ccc3Cl)c3c(C)noc3n2)c(C)s1. The number of carbonyl (C=O) groups excluding carboxylic acids is 2. The van der Waals surface area contributed by atoms with E-state index >= 15 is 0 Å². The number of pyridine rings is 1. The largest absolute Gasteiger partial charge is 0.335 e. The van der Waals surface area contributed by atoms with Gasteiger partial charge >= 0.3 is 0 Å². The predicted molar refractivity (Wildman–Crippen MR) is 130 cm³/mol. The summed E-state index contributed by atoms with van der Waals surface area (Å²) < 4.78 is 5.41. The lowest BCUT2D eigenvalue weighted by Gasteiger charge is -2.18. The predicted octanol–water partition coefficient (Wildman–Crippen LogP) is 5.91. The van der Waals surface area contributed by atoms with Gasteiger partial charge in [-0.2, -0.15) is 0 Å². The van der Waals surface area contributed by atoms with Crippen molar-refractivity contribution in [2.24, 2.45) is 0 Å². The number of aromatic nitrogens is 2. The summed E-state index contributed by atoms with van der Waals surface area (Å²) in [4.78, 5) is 34.2. The van der Waals surface area contributed by atoms with Crippen LogP contribution in [-0.4, -0.2) is 28.5 Å². The normalized spacial score (nSPS) is 13.8. The molecule has 4 heterocycles. The maximum Gasteiger partial charge on any atom is 0.259 e. The van der Waals surface area contributed by atoms with Crippen LogP contribution in [0.25, 0.3) is 22.4 Å². The third-order valence-corrected chi connectivity index (χ3v) is 7.06. The first-order valence-corrected chi connectivity index (χ1v) is 11.8. The molecule has 1 aliphatic heterocycles.